The third-order valence-corrected chi connectivity index (χ3v) is 6.87. The Kier molecular flexibility index (Phi) is 5.63. The SMILES string of the molecule is COc1ccc(-c2ccc3c(c2=C(c2ccccc2)c2ccccc2)=Cc2ccccc2-3)c(OC)c1. The molecule has 0 saturated heterocycles. The summed E-state index contributed by atoms with van der Waals surface area (Å²) in [5.74, 6) is 1.55. The summed E-state index contributed by atoms with van der Waals surface area (Å²) in [7, 11) is 3.39. The molecule has 36 heavy (non-hydrogen) atoms. The van der Waals surface area contributed by atoms with Crippen LogP contribution in [-0.4, -0.2) is 14.2 Å². The van der Waals surface area contributed by atoms with Gasteiger partial charge in [0.05, 0.1) is 14.2 Å². The molecule has 1 aliphatic carbocycles. The molecule has 5 aromatic carbocycles. The molecule has 0 bridgehead atoms. The zero-order valence-electron chi connectivity index (χ0n) is 20.4. The quantitative estimate of drug-likeness (QED) is 0.292. The first-order valence-corrected chi connectivity index (χ1v) is 12.1. The van der Waals surface area contributed by atoms with E-state index in [4.69, 9.17) is 9.47 Å². The number of benzene rings is 5. The van der Waals surface area contributed by atoms with E-state index in [0.29, 0.717) is 0 Å². The molecule has 0 heterocycles. The van der Waals surface area contributed by atoms with Crippen LogP contribution < -0.4 is 19.9 Å². The number of methoxy groups -OCH3 is 2. The number of fused-ring (bicyclic) bond motifs is 3. The second-order valence-electron chi connectivity index (χ2n) is 8.85. The lowest BCUT2D eigenvalue weighted by Crippen LogP contribution is -2.30. The third-order valence-electron chi connectivity index (χ3n) is 6.87. The smallest absolute Gasteiger partial charge is 0.130 e. The second-order valence-corrected chi connectivity index (χ2v) is 8.85. The van der Waals surface area contributed by atoms with Crippen molar-refractivity contribution in [2.45, 2.75) is 0 Å². The van der Waals surface area contributed by atoms with Gasteiger partial charge in [-0.3, -0.25) is 0 Å². The van der Waals surface area contributed by atoms with Gasteiger partial charge >= 0.3 is 0 Å². The van der Waals surface area contributed by atoms with E-state index in [2.05, 4.69) is 109 Å². The fourth-order valence-electron chi connectivity index (χ4n) is 5.21. The Morgan fingerprint density at radius 1 is 0.528 bits per heavy atom. The summed E-state index contributed by atoms with van der Waals surface area (Å²) in [6, 6.07) is 40.5. The first-order chi connectivity index (χ1) is 17.8. The van der Waals surface area contributed by atoms with Crippen LogP contribution in [0.25, 0.3) is 33.9 Å². The largest absolute Gasteiger partial charge is 0.497 e. The summed E-state index contributed by atoms with van der Waals surface area (Å²) in [4.78, 5) is 0. The van der Waals surface area contributed by atoms with Crippen molar-refractivity contribution in [3.63, 3.8) is 0 Å². The van der Waals surface area contributed by atoms with Gasteiger partial charge in [-0.05, 0) is 67.6 Å². The first-order valence-electron chi connectivity index (χ1n) is 12.1. The lowest BCUT2D eigenvalue weighted by molar-refractivity contribution is 0.395. The van der Waals surface area contributed by atoms with Crippen molar-refractivity contribution >= 4 is 11.6 Å². The maximum atomic E-state index is 5.87. The Bertz CT molecular complexity index is 1640. The third kappa shape index (κ3) is 3.68. The number of ether oxygens (including phenoxy) is 2. The van der Waals surface area contributed by atoms with Crippen molar-refractivity contribution < 1.29 is 9.47 Å². The zero-order valence-corrected chi connectivity index (χ0v) is 20.4. The Morgan fingerprint density at radius 2 is 1.14 bits per heavy atom. The van der Waals surface area contributed by atoms with Crippen LogP contribution in [0.2, 0.25) is 0 Å². The first kappa shape index (κ1) is 21.9. The molecule has 5 aromatic rings. The molecule has 0 spiro atoms. The van der Waals surface area contributed by atoms with E-state index in [1.807, 2.05) is 12.1 Å². The maximum Gasteiger partial charge on any atom is 0.130 e. The minimum absolute atomic E-state index is 0.771. The van der Waals surface area contributed by atoms with Crippen LogP contribution in [0.15, 0.2) is 115 Å². The van der Waals surface area contributed by atoms with Crippen LogP contribution in [0, 0.1) is 0 Å². The van der Waals surface area contributed by atoms with Gasteiger partial charge in [0.15, 0.2) is 0 Å². The molecule has 2 nitrogen and oxygen atoms in total. The summed E-state index contributed by atoms with van der Waals surface area (Å²) in [6.45, 7) is 0. The van der Waals surface area contributed by atoms with Gasteiger partial charge in [0.2, 0.25) is 0 Å². The predicted molar refractivity (Wildman–Crippen MR) is 148 cm³/mol. The van der Waals surface area contributed by atoms with E-state index < -0.39 is 0 Å². The molecular weight excluding hydrogens is 440 g/mol. The molecule has 0 amide bonds. The highest BCUT2D eigenvalue weighted by atomic mass is 16.5. The van der Waals surface area contributed by atoms with Crippen LogP contribution in [0.4, 0.5) is 0 Å². The number of hydrogen-bond donors (Lipinski definition) is 0. The molecule has 1 aliphatic rings. The van der Waals surface area contributed by atoms with E-state index in [1.54, 1.807) is 14.2 Å². The molecule has 174 valence electrons. The highest BCUT2D eigenvalue weighted by molar-refractivity contribution is 5.90. The number of hydrogen-bond acceptors (Lipinski definition) is 2. The van der Waals surface area contributed by atoms with Gasteiger partial charge in [-0.15, -0.1) is 0 Å². The highest BCUT2D eigenvalue weighted by Gasteiger charge is 2.19. The van der Waals surface area contributed by atoms with Gasteiger partial charge < -0.3 is 9.47 Å². The molecule has 0 fully saturated rings. The summed E-state index contributed by atoms with van der Waals surface area (Å²) < 4.78 is 11.4. The average Bonchev–Trinajstić information content (AvgIpc) is 3.33. The van der Waals surface area contributed by atoms with Crippen LogP contribution in [0.3, 0.4) is 0 Å². The zero-order chi connectivity index (χ0) is 24.5. The van der Waals surface area contributed by atoms with Crippen LogP contribution in [-0.2, 0) is 0 Å². The van der Waals surface area contributed by atoms with Gasteiger partial charge in [-0.1, -0.05) is 97.1 Å². The Labute approximate surface area is 211 Å². The normalized spacial score (nSPS) is 11.3. The van der Waals surface area contributed by atoms with Gasteiger partial charge in [-0.25, -0.2) is 0 Å². The second kappa shape index (κ2) is 9.24. The fourth-order valence-corrected chi connectivity index (χ4v) is 5.21. The highest BCUT2D eigenvalue weighted by Crippen LogP contribution is 2.34. The predicted octanol–water partition coefficient (Wildman–Crippen LogP) is 6.43. The summed E-state index contributed by atoms with van der Waals surface area (Å²) in [5.41, 5.74) is 9.47. The molecule has 0 N–H and O–H groups in total. The van der Waals surface area contributed by atoms with Crippen molar-refractivity contribution in [2.75, 3.05) is 14.2 Å². The van der Waals surface area contributed by atoms with Gasteiger partial charge in [0.1, 0.15) is 11.5 Å². The molecule has 0 saturated carbocycles. The van der Waals surface area contributed by atoms with E-state index >= 15 is 0 Å². The van der Waals surface area contributed by atoms with Crippen molar-refractivity contribution in [2.24, 2.45) is 0 Å². The number of rotatable bonds is 5. The Morgan fingerprint density at radius 3 is 1.81 bits per heavy atom. The monoisotopic (exact) mass is 466 g/mol. The molecule has 2 heteroatoms. The van der Waals surface area contributed by atoms with Crippen molar-refractivity contribution in [3.05, 3.63) is 142 Å². The minimum atomic E-state index is 0.771. The molecule has 0 unspecified atom stereocenters. The van der Waals surface area contributed by atoms with E-state index in [1.165, 1.54) is 43.8 Å². The maximum absolute atomic E-state index is 5.87. The fraction of sp³-hybridized carbons (Fsp3) is 0.0588. The lowest BCUT2D eigenvalue weighted by atomic mass is 9.89. The van der Waals surface area contributed by atoms with Crippen LogP contribution >= 0.6 is 0 Å². The van der Waals surface area contributed by atoms with Crippen LogP contribution in [0.1, 0.15) is 16.7 Å². The van der Waals surface area contributed by atoms with Crippen LogP contribution in [0.5, 0.6) is 11.5 Å². The van der Waals surface area contributed by atoms with Gasteiger partial charge in [0.25, 0.3) is 0 Å². The van der Waals surface area contributed by atoms with E-state index in [0.717, 1.165) is 22.6 Å². The molecular formula is C34H26O2. The molecule has 6 rings (SSSR count). The molecule has 0 aliphatic heterocycles. The summed E-state index contributed by atoms with van der Waals surface area (Å²) in [6.07, 6.45) is 2.32. The minimum Gasteiger partial charge on any atom is -0.497 e. The summed E-state index contributed by atoms with van der Waals surface area (Å²) in [5, 5.41) is 2.43. The van der Waals surface area contributed by atoms with Gasteiger partial charge in [-0.2, -0.15) is 0 Å². The Hall–Kier alpha value is -4.56. The van der Waals surface area contributed by atoms with Crippen molar-refractivity contribution in [1.29, 1.82) is 0 Å². The van der Waals surface area contributed by atoms with E-state index in [-0.39, 0.29) is 0 Å². The average molecular weight is 467 g/mol. The standard InChI is InChI=1S/C34H26O2/c1-35-26-17-18-29(32(22-26)36-2)30-20-19-28-27-16-10-9-15-25(27)21-31(28)34(30)33(23-11-5-3-6-12-23)24-13-7-4-8-14-24/h3-22H,1-2H3. The topological polar surface area (TPSA) is 18.5 Å². The Balaban J connectivity index is 1.82. The van der Waals surface area contributed by atoms with Crippen molar-refractivity contribution in [1.82, 2.24) is 0 Å². The summed E-state index contributed by atoms with van der Waals surface area (Å²) >= 11 is 0. The van der Waals surface area contributed by atoms with Crippen molar-refractivity contribution in [3.8, 4) is 33.8 Å². The van der Waals surface area contributed by atoms with E-state index in [9.17, 15) is 0 Å². The lowest BCUT2D eigenvalue weighted by Gasteiger charge is -2.16. The van der Waals surface area contributed by atoms with Gasteiger partial charge in [0, 0.05) is 11.6 Å². The molecule has 0 aromatic heterocycles. The molecule has 0 radical (unpaired) electrons. The molecule has 0 atom stereocenters.